The van der Waals surface area contributed by atoms with Gasteiger partial charge in [-0.15, -0.1) is 0 Å². The molecule has 0 spiro atoms. The van der Waals surface area contributed by atoms with E-state index < -0.39 is 0 Å². The molecule has 1 aliphatic rings. The SMILES string of the molecule is CN1CC(C(=O)NCCO)CC1=O. The van der Waals surface area contributed by atoms with E-state index in [1.807, 2.05) is 0 Å². The number of aliphatic hydroxyl groups excluding tert-OH is 1. The summed E-state index contributed by atoms with van der Waals surface area (Å²) >= 11 is 0. The van der Waals surface area contributed by atoms with E-state index in [0.29, 0.717) is 6.54 Å². The molecular weight excluding hydrogens is 172 g/mol. The number of hydrogen-bond acceptors (Lipinski definition) is 3. The Morgan fingerprint density at radius 1 is 1.77 bits per heavy atom. The fourth-order valence-electron chi connectivity index (χ4n) is 1.36. The van der Waals surface area contributed by atoms with Crippen molar-refractivity contribution in [3.05, 3.63) is 0 Å². The Balaban J connectivity index is 2.37. The standard InChI is InChI=1S/C8H14N2O3/c1-10-5-6(4-7(10)12)8(13)9-2-3-11/h6,11H,2-5H2,1H3,(H,9,13). The molecule has 2 amide bonds. The van der Waals surface area contributed by atoms with Crippen LogP contribution in [-0.4, -0.2) is 48.6 Å². The lowest BCUT2D eigenvalue weighted by atomic mass is 10.1. The van der Waals surface area contributed by atoms with E-state index in [-0.39, 0.29) is 37.3 Å². The number of likely N-dealkylation sites (tertiary alicyclic amines) is 1. The van der Waals surface area contributed by atoms with Crippen molar-refractivity contribution in [2.75, 3.05) is 26.7 Å². The van der Waals surface area contributed by atoms with Gasteiger partial charge >= 0.3 is 0 Å². The van der Waals surface area contributed by atoms with E-state index in [0.717, 1.165) is 0 Å². The molecule has 1 unspecified atom stereocenters. The van der Waals surface area contributed by atoms with Gasteiger partial charge in [0.25, 0.3) is 0 Å². The molecule has 5 heteroatoms. The first-order valence-electron chi connectivity index (χ1n) is 4.27. The van der Waals surface area contributed by atoms with Crippen LogP contribution in [0.15, 0.2) is 0 Å². The monoisotopic (exact) mass is 186 g/mol. The molecule has 5 nitrogen and oxygen atoms in total. The third-order valence-corrected chi connectivity index (χ3v) is 2.12. The Labute approximate surface area is 76.7 Å². The van der Waals surface area contributed by atoms with Crippen LogP contribution < -0.4 is 5.32 Å². The van der Waals surface area contributed by atoms with Gasteiger partial charge in [0.05, 0.1) is 12.5 Å². The molecular formula is C8H14N2O3. The molecule has 0 aromatic rings. The molecule has 0 saturated carbocycles. The maximum absolute atomic E-state index is 11.3. The van der Waals surface area contributed by atoms with E-state index in [2.05, 4.69) is 5.32 Å². The normalized spacial score (nSPS) is 22.2. The summed E-state index contributed by atoms with van der Waals surface area (Å²) in [5.41, 5.74) is 0. The average Bonchev–Trinajstić information content (AvgIpc) is 2.43. The van der Waals surface area contributed by atoms with Gasteiger partial charge in [-0.2, -0.15) is 0 Å². The van der Waals surface area contributed by atoms with Crippen molar-refractivity contribution in [2.24, 2.45) is 5.92 Å². The Morgan fingerprint density at radius 3 is 2.92 bits per heavy atom. The van der Waals surface area contributed by atoms with Crippen LogP contribution in [0.3, 0.4) is 0 Å². The first-order chi connectivity index (χ1) is 6.15. The lowest BCUT2D eigenvalue weighted by Gasteiger charge is -2.09. The molecule has 13 heavy (non-hydrogen) atoms. The van der Waals surface area contributed by atoms with Crippen LogP contribution in [0.5, 0.6) is 0 Å². The van der Waals surface area contributed by atoms with Gasteiger partial charge in [0.15, 0.2) is 0 Å². The molecule has 1 atom stereocenters. The molecule has 2 N–H and O–H groups in total. The second-order valence-corrected chi connectivity index (χ2v) is 3.19. The van der Waals surface area contributed by atoms with E-state index in [1.165, 1.54) is 0 Å². The highest BCUT2D eigenvalue weighted by Crippen LogP contribution is 2.15. The highest BCUT2D eigenvalue weighted by Gasteiger charge is 2.31. The van der Waals surface area contributed by atoms with Crippen molar-refractivity contribution in [1.82, 2.24) is 10.2 Å². The maximum atomic E-state index is 11.3. The van der Waals surface area contributed by atoms with Crippen molar-refractivity contribution in [3.8, 4) is 0 Å². The fourth-order valence-corrected chi connectivity index (χ4v) is 1.36. The number of carbonyl (C=O) groups is 2. The van der Waals surface area contributed by atoms with E-state index in [4.69, 9.17) is 5.11 Å². The van der Waals surface area contributed by atoms with Gasteiger partial charge in [-0.25, -0.2) is 0 Å². The first-order valence-corrected chi connectivity index (χ1v) is 4.27. The Bertz CT molecular complexity index is 217. The second-order valence-electron chi connectivity index (χ2n) is 3.19. The molecule has 0 aliphatic carbocycles. The molecule has 1 saturated heterocycles. The molecule has 74 valence electrons. The Hall–Kier alpha value is -1.10. The minimum absolute atomic E-state index is 0.00384. The molecule has 1 aliphatic heterocycles. The van der Waals surface area contributed by atoms with Gasteiger partial charge in [-0.3, -0.25) is 9.59 Å². The number of amides is 2. The lowest BCUT2D eigenvalue weighted by Crippen LogP contribution is -2.33. The molecule has 0 aromatic carbocycles. The van der Waals surface area contributed by atoms with Crippen LogP contribution in [0.25, 0.3) is 0 Å². The minimum Gasteiger partial charge on any atom is -0.395 e. The van der Waals surface area contributed by atoms with Gasteiger partial charge in [0.1, 0.15) is 0 Å². The molecule has 1 rings (SSSR count). The zero-order chi connectivity index (χ0) is 9.84. The molecule has 0 aromatic heterocycles. The van der Waals surface area contributed by atoms with Crippen molar-refractivity contribution in [2.45, 2.75) is 6.42 Å². The summed E-state index contributed by atoms with van der Waals surface area (Å²) in [4.78, 5) is 23.9. The summed E-state index contributed by atoms with van der Waals surface area (Å²) in [6.45, 7) is 0.672. The summed E-state index contributed by atoms with van der Waals surface area (Å²) in [6.07, 6.45) is 0.285. The highest BCUT2D eigenvalue weighted by atomic mass is 16.3. The van der Waals surface area contributed by atoms with Gasteiger partial charge in [0.2, 0.25) is 11.8 Å². The van der Waals surface area contributed by atoms with Crippen molar-refractivity contribution < 1.29 is 14.7 Å². The number of carbonyl (C=O) groups excluding carboxylic acids is 2. The zero-order valence-electron chi connectivity index (χ0n) is 7.62. The number of nitrogens with one attached hydrogen (secondary N) is 1. The predicted octanol–water partition coefficient (Wildman–Crippen LogP) is -1.43. The summed E-state index contributed by atoms with van der Waals surface area (Å²) in [5, 5.41) is 11.0. The third-order valence-electron chi connectivity index (χ3n) is 2.12. The summed E-state index contributed by atoms with van der Waals surface area (Å²) in [6, 6.07) is 0. The highest BCUT2D eigenvalue weighted by molar-refractivity contribution is 5.89. The van der Waals surface area contributed by atoms with Crippen LogP contribution in [0, 0.1) is 5.92 Å². The minimum atomic E-state index is -0.246. The molecule has 0 radical (unpaired) electrons. The topological polar surface area (TPSA) is 69.6 Å². The first kappa shape index (κ1) is 9.98. The van der Waals surface area contributed by atoms with Crippen LogP contribution in [0.2, 0.25) is 0 Å². The maximum Gasteiger partial charge on any atom is 0.225 e. The number of nitrogens with zero attached hydrogens (tertiary/aromatic N) is 1. The summed E-state index contributed by atoms with van der Waals surface area (Å²) < 4.78 is 0. The number of aliphatic hydroxyl groups is 1. The van der Waals surface area contributed by atoms with Gasteiger partial charge in [-0.05, 0) is 0 Å². The van der Waals surface area contributed by atoms with Crippen molar-refractivity contribution in [1.29, 1.82) is 0 Å². The van der Waals surface area contributed by atoms with Gasteiger partial charge < -0.3 is 15.3 Å². The summed E-state index contributed by atoms with van der Waals surface area (Å²) in [5.74, 6) is -0.389. The van der Waals surface area contributed by atoms with Crippen LogP contribution in [-0.2, 0) is 9.59 Å². The van der Waals surface area contributed by atoms with Gasteiger partial charge in [-0.1, -0.05) is 0 Å². The smallest absolute Gasteiger partial charge is 0.225 e. The van der Waals surface area contributed by atoms with Crippen LogP contribution >= 0.6 is 0 Å². The Kier molecular flexibility index (Phi) is 3.25. The van der Waals surface area contributed by atoms with Crippen molar-refractivity contribution >= 4 is 11.8 Å². The quantitative estimate of drug-likeness (QED) is 0.568. The van der Waals surface area contributed by atoms with Crippen LogP contribution in [0.4, 0.5) is 0 Å². The fraction of sp³-hybridized carbons (Fsp3) is 0.750. The van der Waals surface area contributed by atoms with E-state index in [1.54, 1.807) is 11.9 Å². The molecule has 1 fully saturated rings. The average molecular weight is 186 g/mol. The lowest BCUT2D eigenvalue weighted by molar-refractivity contribution is -0.128. The number of rotatable bonds is 3. The van der Waals surface area contributed by atoms with E-state index in [9.17, 15) is 9.59 Å². The number of hydrogen-bond donors (Lipinski definition) is 2. The molecule has 0 bridgehead atoms. The van der Waals surface area contributed by atoms with Crippen molar-refractivity contribution in [3.63, 3.8) is 0 Å². The largest absolute Gasteiger partial charge is 0.395 e. The zero-order valence-corrected chi connectivity index (χ0v) is 7.62. The summed E-state index contributed by atoms with van der Waals surface area (Å²) in [7, 11) is 1.68. The van der Waals surface area contributed by atoms with E-state index >= 15 is 0 Å². The second kappa shape index (κ2) is 4.23. The third kappa shape index (κ3) is 2.42. The van der Waals surface area contributed by atoms with Gasteiger partial charge in [0, 0.05) is 26.6 Å². The van der Waals surface area contributed by atoms with Crippen LogP contribution in [0.1, 0.15) is 6.42 Å². The predicted molar refractivity (Wildman–Crippen MR) is 45.8 cm³/mol. The molecule has 1 heterocycles. The Morgan fingerprint density at radius 2 is 2.46 bits per heavy atom.